The van der Waals surface area contributed by atoms with Gasteiger partial charge in [-0.15, -0.1) is 0 Å². The Labute approximate surface area is 162 Å². The fraction of sp³-hybridized carbons (Fsp3) is 0.200. The Morgan fingerprint density at radius 3 is 2.41 bits per heavy atom. The molecule has 2 aromatic carbocycles. The summed E-state index contributed by atoms with van der Waals surface area (Å²) in [6, 6.07) is 10.8. The van der Waals surface area contributed by atoms with E-state index in [9.17, 15) is 9.59 Å². The van der Waals surface area contributed by atoms with E-state index in [2.05, 4.69) is 10.6 Å². The van der Waals surface area contributed by atoms with Gasteiger partial charge in [-0.1, -0.05) is 11.6 Å². The van der Waals surface area contributed by atoms with Gasteiger partial charge in [-0.3, -0.25) is 4.79 Å². The van der Waals surface area contributed by atoms with Crippen molar-refractivity contribution in [1.82, 2.24) is 10.6 Å². The summed E-state index contributed by atoms with van der Waals surface area (Å²) in [5.74, 6) is 0.915. The molecule has 0 saturated carbocycles. The molecule has 2 amide bonds. The molecule has 0 fully saturated rings. The molecular formula is C20H19ClN2O4. The molecule has 27 heavy (non-hydrogen) atoms. The maximum atomic E-state index is 13.2. The van der Waals surface area contributed by atoms with Crippen molar-refractivity contribution in [3.63, 3.8) is 0 Å². The Morgan fingerprint density at radius 2 is 1.78 bits per heavy atom. The van der Waals surface area contributed by atoms with Crippen LogP contribution in [-0.4, -0.2) is 26.0 Å². The van der Waals surface area contributed by atoms with Crippen molar-refractivity contribution in [2.24, 2.45) is 0 Å². The van der Waals surface area contributed by atoms with Crippen molar-refractivity contribution in [2.45, 2.75) is 13.0 Å². The summed E-state index contributed by atoms with van der Waals surface area (Å²) in [5, 5.41) is 6.02. The van der Waals surface area contributed by atoms with Crippen LogP contribution in [-0.2, 0) is 0 Å². The molecule has 0 saturated heterocycles. The molecule has 2 aromatic rings. The standard InChI is InChI=1S/C20H19ClN2O4/c1-11-17(19(24)12-4-6-13(21)7-5-12)18(23-20(25)22-11)15-10-14(26-2)8-9-16(15)27-3/h4-10,18H,1-3H3,(H2,22,23,25). The summed E-state index contributed by atoms with van der Waals surface area (Å²) in [4.78, 5) is 25.3. The number of urea groups is 1. The molecule has 1 unspecified atom stereocenters. The fourth-order valence-corrected chi connectivity index (χ4v) is 3.18. The van der Waals surface area contributed by atoms with Gasteiger partial charge in [0.2, 0.25) is 0 Å². The zero-order valence-corrected chi connectivity index (χ0v) is 15.9. The Kier molecular flexibility index (Phi) is 5.37. The normalized spacial score (nSPS) is 16.4. The quantitative estimate of drug-likeness (QED) is 0.765. The second-order valence-electron chi connectivity index (χ2n) is 6.01. The Morgan fingerprint density at radius 1 is 1.07 bits per heavy atom. The SMILES string of the molecule is COc1ccc(OC)c(C2NC(=O)NC(C)=C2C(=O)c2ccc(Cl)cc2)c1. The number of carbonyl (C=O) groups is 2. The maximum Gasteiger partial charge on any atom is 0.319 e. The van der Waals surface area contributed by atoms with Crippen LogP contribution < -0.4 is 20.1 Å². The highest BCUT2D eigenvalue weighted by Crippen LogP contribution is 2.36. The van der Waals surface area contributed by atoms with Crippen molar-refractivity contribution in [3.05, 3.63) is 69.9 Å². The first-order valence-corrected chi connectivity index (χ1v) is 8.63. The highest BCUT2D eigenvalue weighted by Gasteiger charge is 2.33. The van der Waals surface area contributed by atoms with Crippen LogP contribution in [0.3, 0.4) is 0 Å². The van der Waals surface area contributed by atoms with E-state index in [-0.39, 0.29) is 5.78 Å². The van der Waals surface area contributed by atoms with Gasteiger partial charge >= 0.3 is 6.03 Å². The van der Waals surface area contributed by atoms with Gasteiger partial charge < -0.3 is 20.1 Å². The molecule has 2 N–H and O–H groups in total. The molecule has 0 spiro atoms. The zero-order valence-electron chi connectivity index (χ0n) is 15.1. The molecule has 1 heterocycles. The van der Waals surface area contributed by atoms with E-state index < -0.39 is 12.1 Å². The first-order chi connectivity index (χ1) is 12.9. The van der Waals surface area contributed by atoms with Crippen LogP contribution in [0.2, 0.25) is 5.02 Å². The molecular weight excluding hydrogens is 368 g/mol. The third kappa shape index (κ3) is 3.75. The smallest absolute Gasteiger partial charge is 0.319 e. The van der Waals surface area contributed by atoms with Crippen molar-refractivity contribution in [3.8, 4) is 11.5 Å². The van der Waals surface area contributed by atoms with Gasteiger partial charge in [-0.2, -0.15) is 0 Å². The van der Waals surface area contributed by atoms with E-state index in [0.717, 1.165) is 0 Å². The number of hydrogen-bond acceptors (Lipinski definition) is 4. The summed E-state index contributed by atoms with van der Waals surface area (Å²) in [7, 11) is 3.08. The van der Waals surface area contributed by atoms with Crippen molar-refractivity contribution >= 4 is 23.4 Å². The highest BCUT2D eigenvalue weighted by molar-refractivity contribution is 6.30. The van der Waals surface area contributed by atoms with Gasteiger partial charge in [-0.05, 0) is 49.4 Å². The monoisotopic (exact) mass is 386 g/mol. The maximum absolute atomic E-state index is 13.2. The van der Waals surface area contributed by atoms with Gasteiger partial charge in [0.1, 0.15) is 11.5 Å². The Hall–Kier alpha value is -2.99. The van der Waals surface area contributed by atoms with Gasteiger partial charge in [-0.25, -0.2) is 4.79 Å². The van der Waals surface area contributed by atoms with Crippen LogP contribution in [0.25, 0.3) is 0 Å². The number of ketones is 1. The number of hydrogen-bond donors (Lipinski definition) is 2. The predicted molar refractivity (Wildman–Crippen MR) is 102 cm³/mol. The number of Topliss-reactive ketones (excluding diaryl/α,β-unsaturated/α-hetero) is 1. The molecule has 3 rings (SSSR count). The molecule has 7 heteroatoms. The fourth-order valence-electron chi connectivity index (χ4n) is 3.05. The minimum atomic E-state index is -0.688. The lowest BCUT2D eigenvalue weighted by Crippen LogP contribution is -2.45. The van der Waals surface area contributed by atoms with Crippen LogP contribution in [0.4, 0.5) is 4.79 Å². The predicted octanol–water partition coefficient (Wildman–Crippen LogP) is 3.87. The van der Waals surface area contributed by atoms with Crippen LogP contribution >= 0.6 is 11.6 Å². The number of nitrogens with one attached hydrogen (secondary N) is 2. The molecule has 6 nitrogen and oxygen atoms in total. The molecule has 140 valence electrons. The van der Waals surface area contributed by atoms with E-state index >= 15 is 0 Å². The van der Waals surface area contributed by atoms with Gasteiger partial charge in [0.15, 0.2) is 5.78 Å². The molecule has 0 bridgehead atoms. The van der Waals surface area contributed by atoms with Crippen LogP contribution in [0.1, 0.15) is 28.9 Å². The minimum absolute atomic E-state index is 0.216. The molecule has 0 aromatic heterocycles. The number of carbonyl (C=O) groups excluding carboxylic acids is 2. The van der Waals surface area contributed by atoms with Gasteiger partial charge in [0, 0.05) is 27.4 Å². The van der Waals surface area contributed by atoms with Gasteiger partial charge in [0.25, 0.3) is 0 Å². The third-order valence-corrected chi connectivity index (χ3v) is 4.62. The average Bonchev–Trinajstić information content (AvgIpc) is 2.67. The summed E-state index contributed by atoms with van der Waals surface area (Å²) in [5.41, 5.74) is 2.00. The largest absolute Gasteiger partial charge is 0.497 e. The lowest BCUT2D eigenvalue weighted by atomic mass is 9.89. The first kappa shape index (κ1) is 18.8. The number of rotatable bonds is 5. The van der Waals surface area contributed by atoms with E-state index in [0.29, 0.717) is 38.9 Å². The van der Waals surface area contributed by atoms with Crippen LogP contribution in [0.5, 0.6) is 11.5 Å². The van der Waals surface area contributed by atoms with Crippen molar-refractivity contribution in [2.75, 3.05) is 14.2 Å². The van der Waals surface area contributed by atoms with E-state index in [1.54, 1.807) is 56.5 Å². The lowest BCUT2D eigenvalue weighted by molar-refractivity contribution is 0.102. The number of halogens is 1. The number of ether oxygens (including phenoxy) is 2. The van der Waals surface area contributed by atoms with Crippen molar-refractivity contribution < 1.29 is 19.1 Å². The number of amides is 2. The lowest BCUT2D eigenvalue weighted by Gasteiger charge is -2.29. The van der Waals surface area contributed by atoms with Crippen LogP contribution in [0, 0.1) is 0 Å². The second kappa shape index (κ2) is 7.72. The highest BCUT2D eigenvalue weighted by atomic mass is 35.5. The summed E-state index contributed by atoms with van der Waals surface area (Å²) in [6.45, 7) is 1.70. The molecule has 1 atom stereocenters. The van der Waals surface area contributed by atoms with E-state index in [1.165, 1.54) is 7.11 Å². The van der Waals surface area contributed by atoms with E-state index in [1.807, 2.05) is 0 Å². The molecule has 0 radical (unpaired) electrons. The number of methoxy groups -OCH3 is 2. The van der Waals surface area contributed by atoms with E-state index in [4.69, 9.17) is 21.1 Å². The minimum Gasteiger partial charge on any atom is -0.497 e. The Bertz CT molecular complexity index is 922. The third-order valence-electron chi connectivity index (χ3n) is 4.37. The molecule has 1 aliphatic heterocycles. The molecule has 1 aliphatic rings. The zero-order chi connectivity index (χ0) is 19.6. The second-order valence-corrected chi connectivity index (χ2v) is 6.45. The summed E-state index contributed by atoms with van der Waals surface area (Å²) >= 11 is 5.92. The number of benzene rings is 2. The summed E-state index contributed by atoms with van der Waals surface area (Å²) in [6.07, 6.45) is 0. The van der Waals surface area contributed by atoms with Crippen LogP contribution in [0.15, 0.2) is 53.7 Å². The first-order valence-electron chi connectivity index (χ1n) is 8.25. The van der Waals surface area contributed by atoms with Gasteiger partial charge in [0.05, 0.1) is 20.3 Å². The number of allylic oxidation sites excluding steroid dienone is 1. The molecule has 0 aliphatic carbocycles. The van der Waals surface area contributed by atoms with Crippen molar-refractivity contribution in [1.29, 1.82) is 0 Å². The average molecular weight is 387 g/mol. The Balaban J connectivity index is 2.12. The topological polar surface area (TPSA) is 76.7 Å². The summed E-state index contributed by atoms with van der Waals surface area (Å²) < 4.78 is 10.7.